The zero-order valence-electron chi connectivity index (χ0n) is 18.7. The lowest BCUT2D eigenvalue weighted by Gasteiger charge is -2.22. The second-order valence-corrected chi connectivity index (χ2v) is 9.88. The zero-order valence-corrected chi connectivity index (χ0v) is 20.3. The summed E-state index contributed by atoms with van der Waals surface area (Å²) in [6.07, 6.45) is 15.0. The number of rotatable bonds is 14. The van der Waals surface area contributed by atoms with E-state index in [1.54, 1.807) is 5.57 Å². The van der Waals surface area contributed by atoms with E-state index >= 15 is 0 Å². The van der Waals surface area contributed by atoms with Crippen molar-refractivity contribution < 1.29 is 21.5 Å². The highest BCUT2D eigenvalue weighted by Gasteiger charge is 2.07. The lowest BCUT2D eigenvalue weighted by molar-refractivity contribution is -0.864. The first kappa shape index (κ1) is 27.4. The summed E-state index contributed by atoms with van der Waals surface area (Å²) in [6.45, 7) is 13.0. The van der Waals surface area contributed by atoms with E-state index in [9.17, 15) is 0 Å². The third-order valence-corrected chi connectivity index (χ3v) is 5.13. The maximum atomic E-state index is 2.45. The second-order valence-electron chi connectivity index (χ2n) is 9.88. The van der Waals surface area contributed by atoms with E-state index in [1.165, 1.54) is 57.8 Å². The van der Waals surface area contributed by atoms with Crippen LogP contribution >= 0.6 is 0 Å². The van der Waals surface area contributed by atoms with Crippen molar-refractivity contribution in [2.75, 3.05) is 27.7 Å². The fraction of sp³-hybridized carbons (Fsp3) is 0.913. The summed E-state index contributed by atoms with van der Waals surface area (Å²) >= 11 is 0. The minimum atomic E-state index is 0. The summed E-state index contributed by atoms with van der Waals surface area (Å²) in [5.41, 5.74) is 1.58. The molecule has 152 valence electrons. The van der Waals surface area contributed by atoms with Gasteiger partial charge in [-0.1, -0.05) is 78.2 Å². The van der Waals surface area contributed by atoms with Crippen LogP contribution in [0.1, 0.15) is 92.4 Å². The quantitative estimate of drug-likeness (QED) is 0.295. The molecule has 1 nitrogen and oxygen atoms in total. The highest BCUT2D eigenvalue weighted by Crippen LogP contribution is 2.22. The van der Waals surface area contributed by atoms with Gasteiger partial charge < -0.3 is 21.5 Å². The number of halogens is 1. The van der Waals surface area contributed by atoms with Crippen LogP contribution in [0.4, 0.5) is 0 Å². The molecule has 0 N–H and O–H groups in total. The summed E-state index contributed by atoms with van der Waals surface area (Å²) in [4.78, 5) is 0. The fourth-order valence-electron chi connectivity index (χ4n) is 3.24. The molecule has 0 aliphatic carbocycles. The van der Waals surface area contributed by atoms with Crippen molar-refractivity contribution in [2.45, 2.75) is 92.4 Å². The van der Waals surface area contributed by atoms with E-state index in [-0.39, 0.29) is 17.0 Å². The van der Waals surface area contributed by atoms with Crippen molar-refractivity contribution in [2.24, 2.45) is 17.8 Å². The molecule has 0 aromatic rings. The Morgan fingerprint density at radius 2 is 1.20 bits per heavy atom. The molecule has 0 aromatic carbocycles. The van der Waals surface area contributed by atoms with Gasteiger partial charge in [0.15, 0.2) is 0 Å². The van der Waals surface area contributed by atoms with E-state index in [0.29, 0.717) is 0 Å². The summed E-state index contributed by atoms with van der Waals surface area (Å²) < 4.78 is 1.03. The molecule has 2 unspecified atom stereocenters. The Morgan fingerprint density at radius 3 is 1.64 bits per heavy atom. The van der Waals surface area contributed by atoms with Crippen LogP contribution in [0.5, 0.6) is 0 Å². The normalized spacial score (nSPS) is 15.2. The Hall–Kier alpha value is 0.180. The first-order valence-electron chi connectivity index (χ1n) is 10.6. The van der Waals surface area contributed by atoms with Crippen LogP contribution in [0, 0.1) is 17.8 Å². The standard InChI is InChI=1S/C23H48N.BrH/c1-20(2)12-9-13-21(3)14-10-15-22(4)16-11-17-23(5)18-19-24(6,7)8;/h18,20-22H,9-17,19H2,1-8H3;1H/q+1;/p-1. The van der Waals surface area contributed by atoms with Gasteiger partial charge in [-0.3, -0.25) is 0 Å². The third kappa shape index (κ3) is 20.3. The van der Waals surface area contributed by atoms with Gasteiger partial charge in [-0.25, -0.2) is 0 Å². The zero-order chi connectivity index (χ0) is 18.6. The van der Waals surface area contributed by atoms with Gasteiger partial charge in [0.05, 0.1) is 27.7 Å². The first-order valence-corrected chi connectivity index (χ1v) is 10.6. The molecule has 0 radical (unpaired) electrons. The molecule has 2 heteroatoms. The molecule has 0 bridgehead atoms. The van der Waals surface area contributed by atoms with Crippen molar-refractivity contribution in [3.8, 4) is 0 Å². The van der Waals surface area contributed by atoms with Crippen LogP contribution in [0.3, 0.4) is 0 Å². The van der Waals surface area contributed by atoms with Crippen molar-refractivity contribution in [3.63, 3.8) is 0 Å². The Balaban J connectivity index is 0. The number of quaternary nitrogens is 1. The van der Waals surface area contributed by atoms with Crippen LogP contribution < -0.4 is 17.0 Å². The van der Waals surface area contributed by atoms with E-state index < -0.39 is 0 Å². The Kier molecular flexibility index (Phi) is 16.7. The summed E-state index contributed by atoms with van der Waals surface area (Å²) in [7, 11) is 6.78. The molecule has 0 fully saturated rings. The summed E-state index contributed by atoms with van der Waals surface area (Å²) in [6, 6.07) is 0. The molecule has 2 atom stereocenters. The predicted molar refractivity (Wildman–Crippen MR) is 111 cm³/mol. The van der Waals surface area contributed by atoms with Crippen molar-refractivity contribution in [1.82, 2.24) is 0 Å². The lowest BCUT2D eigenvalue weighted by Crippen LogP contribution is -3.00. The summed E-state index contributed by atoms with van der Waals surface area (Å²) in [5, 5.41) is 0. The molecule has 0 saturated carbocycles. The second kappa shape index (κ2) is 15.3. The van der Waals surface area contributed by atoms with Gasteiger partial charge in [0.1, 0.15) is 0 Å². The Morgan fingerprint density at radius 1 is 0.760 bits per heavy atom. The van der Waals surface area contributed by atoms with Gasteiger partial charge in [-0.05, 0) is 43.6 Å². The monoisotopic (exact) mass is 417 g/mol. The highest BCUT2D eigenvalue weighted by molar-refractivity contribution is 4.97. The van der Waals surface area contributed by atoms with Gasteiger partial charge in [0, 0.05) is 0 Å². The van der Waals surface area contributed by atoms with Crippen LogP contribution in [-0.4, -0.2) is 32.2 Å². The van der Waals surface area contributed by atoms with Crippen LogP contribution in [-0.2, 0) is 0 Å². The fourth-order valence-corrected chi connectivity index (χ4v) is 3.24. The Labute approximate surface area is 171 Å². The average Bonchev–Trinajstić information content (AvgIpc) is 2.44. The van der Waals surface area contributed by atoms with Gasteiger partial charge in [0.2, 0.25) is 0 Å². The minimum absolute atomic E-state index is 0. The smallest absolute Gasteiger partial charge is 0.0970 e. The molecular formula is C23H48BrN. The minimum Gasteiger partial charge on any atom is -1.00 e. The van der Waals surface area contributed by atoms with Gasteiger partial charge in [0.25, 0.3) is 0 Å². The largest absolute Gasteiger partial charge is 1.00 e. The van der Waals surface area contributed by atoms with Crippen molar-refractivity contribution in [1.29, 1.82) is 0 Å². The summed E-state index contributed by atoms with van der Waals surface area (Å²) in [5.74, 6) is 2.70. The molecule has 0 aliphatic rings. The topological polar surface area (TPSA) is 0 Å². The molecule has 0 aromatic heterocycles. The molecule has 0 amide bonds. The van der Waals surface area contributed by atoms with Crippen LogP contribution in [0.2, 0.25) is 0 Å². The number of hydrogen-bond donors (Lipinski definition) is 0. The number of hydrogen-bond acceptors (Lipinski definition) is 0. The molecular weight excluding hydrogens is 370 g/mol. The number of likely N-dealkylation sites (N-methyl/N-ethyl adjacent to an activating group) is 1. The molecule has 0 spiro atoms. The maximum absolute atomic E-state index is 2.45. The molecule has 0 aliphatic heterocycles. The van der Waals surface area contributed by atoms with Gasteiger partial charge in [-0.2, -0.15) is 0 Å². The molecule has 25 heavy (non-hydrogen) atoms. The Bertz CT molecular complexity index is 327. The van der Waals surface area contributed by atoms with Crippen molar-refractivity contribution in [3.05, 3.63) is 11.6 Å². The van der Waals surface area contributed by atoms with Crippen LogP contribution in [0.25, 0.3) is 0 Å². The van der Waals surface area contributed by atoms with E-state index in [0.717, 1.165) is 28.8 Å². The van der Waals surface area contributed by atoms with E-state index in [4.69, 9.17) is 0 Å². The van der Waals surface area contributed by atoms with Crippen LogP contribution in [0.15, 0.2) is 11.6 Å². The molecule has 0 saturated heterocycles. The van der Waals surface area contributed by atoms with Gasteiger partial charge in [-0.15, -0.1) is 0 Å². The SMILES string of the molecule is CC(=CC[N+](C)(C)C)CCCC(C)CCCC(C)CCCC(C)C.[Br-]. The maximum Gasteiger partial charge on any atom is 0.0970 e. The average molecular weight is 419 g/mol. The third-order valence-electron chi connectivity index (χ3n) is 5.13. The first-order chi connectivity index (χ1) is 11.1. The highest BCUT2D eigenvalue weighted by atomic mass is 79.9. The van der Waals surface area contributed by atoms with Crippen molar-refractivity contribution >= 4 is 0 Å². The molecule has 0 heterocycles. The number of allylic oxidation sites excluding steroid dienone is 1. The predicted octanol–water partition coefficient (Wildman–Crippen LogP) is 4.08. The van der Waals surface area contributed by atoms with Gasteiger partial charge >= 0.3 is 0 Å². The lowest BCUT2D eigenvalue weighted by atomic mass is 9.91. The molecule has 0 rings (SSSR count). The van der Waals surface area contributed by atoms with E-state index in [2.05, 4.69) is 61.8 Å². The van der Waals surface area contributed by atoms with E-state index in [1.807, 2.05) is 0 Å². The number of nitrogens with zero attached hydrogens (tertiary/aromatic N) is 1.